The van der Waals surface area contributed by atoms with Gasteiger partial charge < -0.3 is 10.2 Å². The maximum Gasteiger partial charge on any atom is 0.219 e. The van der Waals surface area contributed by atoms with Crippen molar-refractivity contribution in [3.63, 3.8) is 0 Å². The Bertz CT molecular complexity index is 394. The summed E-state index contributed by atoms with van der Waals surface area (Å²) in [7, 11) is 0. The Balaban J connectivity index is 2.12. The van der Waals surface area contributed by atoms with Crippen molar-refractivity contribution in [1.82, 2.24) is 10.2 Å². The number of benzene rings is 1. The zero-order valence-corrected chi connectivity index (χ0v) is 10.8. The molecule has 1 atom stereocenters. The van der Waals surface area contributed by atoms with E-state index in [0.717, 1.165) is 24.1 Å². The Kier molecular flexibility index (Phi) is 3.61. The molecular weight excluding hydrogens is 268 g/mol. The van der Waals surface area contributed by atoms with Crippen molar-refractivity contribution in [2.24, 2.45) is 0 Å². The number of halogens is 1. The number of hydrogen-bond acceptors (Lipinski definition) is 2. The number of rotatable bonds is 1. The third kappa shape index (κ3) is 2.62. The summed E-state index contributed by atoms with van der Waals surface area (Å²) < 4.78 is 1.08. The molecule has 86 valence electrons. The fraction of sp³-hybridized carbons (Fsp3) is 0.417. The summed E-state index contributed by atoms with van der Waals surface area (Å²) in [5.74, 6) is 0.154. The van der Waals surface area contributed by atoms with E-state index in [-0.39, 0.29) is 11.9 Å². The van der Waals surface area contributed by atoms with Gasteiger partial charge in [-0.15, -0.1) is 0 Å². The highest BCUT2D eigenvalue weighted by molar-refractivity contribution is 9.10. The lowest BCUT2D eigenvalue weighted by molar-refractivity contribution is -0.130. The number of nitrogens with one attached hydrogen (secondary N) is 1. The Morgan fingerprint density at radius 1 is 1.56 bits per heavy atom. The first-order valence-corrected chi connectivity index (χ1v) is 6.20. The topological polar surface area (TPSA) is 32.3 Å². The molecule has 0 radical (unpaired) electrons. The number of amides is 1. The summed E-state index contributed by atoms with van der Waals surface area (Å²) in [6.07, 6.45) is 0. The minimum atomic E-state index is 0.154. The van der Waals surface area contributed by atoms with Gasteiger partial charge in [-0.2, -0.15) is 0 Å². The lowest BCUT2D eigenvalue weighted by Crippen LogP contribution is -2.47. The van der Waals surface area contributed by atoms with Crippen molar-refractivity contribution in [2.75, 3.05) is 19.6 Å². The third-order valence-corrected chi connectivity index (χ3v) is 3.37. The fourth-order valence-electron chi connectivity index (χ4n) is 1.98. The van der Waals surface area contributed by atoms with E-state index in [4.69, 9.17) is 0 Å². The van der Waals surface area contributed by atoms with Crippen molar-refractivity contribution < 1.29 is 4.79 Å². The summed E-state index contributed by atoms with van der Waals surface area (Å²) in [5, 5.41) is 3.43. The van der Waals surface area contributed by atoms with Gasteiger partial charge >= 0.3 is 0 Å². The average molecular weight is 283 g/mol. The molecule has 1 unspecified atom stereocenters. The molecule has 0 aromatic heterocycles. The minimum absolute atomic E-state index is 0.154. The normalized spacial score (nSPS) is 20.9. The molecule has 0 saturated carbocycles. The average Bonchev–Trinajstić information content (AvgIpc) is 2.29. The SMILES string of the molecule is CC(=O)N1CCNC(c2cccc(Br)c2)C1. The van der Waals surface area contributed by atoms with Gasteiger partial charge in [0.25, 0.3) is 0 Å². The van der Waals surface area contributed by atoms with Crippen LogP contribution >= 0.6 is 15.9 Å². The van der Waals surface area contributed by atoms with Crippen LogP contribution in [0.15, 0.2) is 28.7 Å². The van der Waals surface area contributed by atoms with Gasteiger partial charge in [0.05, 0.1) is 0 Å². The molecule has 4 heteroatoms. The molecular formula is C12H15BrN2O. The van der Waals surface area contributed by atoms with Gasteiger partial charge in [-0.1, -0.05) is 28.1 Å². The third-order valence-electron chi connectivity index (χ3n) is 2.87. The van der Waals surface area contributed by atoms with Crippen molar-refractivity contribution in [2.45, 2.75) is 13.0 Å². The number of hydrogen-bond donors (Lipinski definition) is 1. The van der Waals surface area contributed by atoms with Gasteiger partial charge in [-0.05, 0) is 17.7 Å². The van der Waals surface area contributed by atoms with E-state index in [1.807, 2.05) is 17.0 Å². The number of carbonyl (C=O) groups is 1. The first-order valence-electron chi connectivity index (χ1n) is 5.41. The highest BCUT2D eigenvalue weighted by atomic mass is 79.9. The molecule has 1 aromatic rings. The Morgan fingerprint density at radius 3 is 3.06 bits per heavy atom. The summed E-state index contributed by atoms with van der Waals surface area (Å²) in [6.45, 7) is 4.05. The van der Waals surface area contributed by atoms with Crippen LogP contribution in [0.3, 0.4) is 0 Å². The van der Waals surface area contributed by atoms with Crippen molar-refractivity contribution in [3.05, 3.63) is 34.3 Å². The van der Waals surface area contributed by atoms with Crippen molar-refractivity contribution >= 4 is 21.8 Å². The van der Waals surface area contributed by atoms with Crippen molar-refractivity contribution in [1.29, 1.82) is 0 Å². The number of nitrogens with zero attached hydrogens (tertiary/aromatic N) is 1. The highest BCUT2D eigenvalue weighted by Crippen LogP contribution is 2.20. The molecule has 0 bridgehead atoms. The number of carbonyl (C=O) groups excluding carboxylic acids is 1. The maximum absolute atomic E-state index is 11.3. The summed E-state index contributed by atoms with van der Waals surface area (Å²) in [6, 6.07) is 8.46. The first kappa shape index (κ1) is 11.6. The van der Waals surface area contributed by atoms with Crippen molar-refractivity contribution in [3.8, 4) is 0 Å². The monoisotopic (exact) mass is 282 g/mol. The van der Waals surface area contributed by atoms with Gasteiger partial charge in [-0.3, -0.25) is 4.79 Å². The van der Waals surface area contributed by atoms with Crippen LogP contribution in [0.2, 0.25) is 0 Å². The second-order valence-corrected chi connectivity index (χ2v) is 4.94. The Labute approximate surface area is 104 Å². The van der Waals surface area contributed by atoms with Crippen LogP contribution in [0.25, 0.3) is 0 Å². The van der Waals surface area contributed by atoms with Gasteiger partial charge in [0.15, 0.2) is 0 Å². The molecule has 1 heterocycles. The van der Waals surface area contributed by atoms with E-state index in [1.54, 1.807) is 6.92 Å². The fourth-order valence-corrected chi connectivity index (χ4v) is 2.40. The van der Waals surface area contributed by atoms with Crippen LogP contribution in [0.4, 0.5) is 0 Å². The summed E-state index contributed by atoms with van der Waals surface area (Å²) in [4.78, 5) is 13.2. The summed E-state index contributed by atoms with van der Waals surface area (Å²) >= 11 is 3.46. The Hall–Kier alpha value is -0.870. The molecule has 1 fully saturated rings. The smallest absolute Gasteiger partial charge is 0.219 e. The van der Waals surface area contributed by atoms with E-state index in [0.29, 0.717) is 0 Å². The Morgan fingerprint density at radius 2 is 2.38 bits per heavy atom. The highest BCUT2D eigenvalue weighted by Gasteiger charge is 2.21. The van der Waals surface area contributed by atoms with Gasteiger partial charge in [-0.25, -0.2) is 0 Å². The second-order valence-electron chi connectivity index (χ2n) is 4.03. The van der Waals surface area contributed by atoms with E-state index in [1.165, 1.54) is 5.56 Å². The van der Waals surface area contributed by atoms with E-state index in [9.17, 15) is 4.79 Å². The molecule has 2 rings (SSSR count). The van der Waals surface area contributed by atoms with Crippen LogP contribution in [-0.4, -0.2) is 30.4 Å². The van der Waals surface area contributed by atoms with E-state index >= 15 is 0 Å². The lowest BCUT2D eigenvalue weighted by atomic mass is 10.0. The predicted molar refractivity (Wildman–Crippen MR) is 67.1 cm³/mol. The molecule has 1 aliphatic rings. The zero-order valence-electron chi connectivity index (χ0n) is 9.24. The van der Waals surface area contributed by atoms with Crippen LogP contribution in [-0.2, 0) is 4.79 Å². The quantitative estimate of drug-likeness (QED) is 0.854. The second kappa shape index (κ2) is 4.97. The first-order chi connectivity index (χ1) is 7.66. The number of piperazine rings is 1. The van der Waals surface area contributed by atoms with Crippen LogP contribution < -0.4 is 5.32 Å². The predicted octanol–water partition coefficient (Wildman–Crippen LogP) is 1.94. The van der Waals surface area contributed by atoms with Gasteiger partial charge in [0.2, 0.25) is 5.91 Å². The zero-order chi connectivity index (χ0) is 11.5. The van der Waals surface area contributed by atoms with Gasteiger partial charge in [0.1, 0.15) is 0 Å². The molecule has 1 N–H and O–H groups in total. The van der Waals surface area contributed by atoms with E-state index < -0.39 is 0 Å². The summed E-state index contributed by atoms with van der Waals surface area (Å²) in [5.41, 5.74) is 1.22. The molecule has 0 spiro atoms. The molecule has 16 heavy (non-hydrogen) atoms. The largest absolute Gasteiger partial charge is 0.340 e. The van der Waals surface area contributed by atoms with Crippen LogP contribution in [0.5, 0.6) is 0 Å². The molecule has 1 saturated heterocycles. The lowest BCUT2D eigenvalue weighted by Gasteiger charge is -2.33. The maximum atomic E-state index is 11.3. The molecule has 0 aliphatic carbocycles. The molecule has 3 nitrogen and oxygen atoms in total. The molecule has 1 amide bonds. The van der Waals surface area contributed by atoms with Crippen LogP contribution in [0, 0.1) is 0 Å². The van der Waals surface area contributed by atoms with Crippen LogP contribution in [0.1, 0.15) is 18.5 Å². The van der Waals surface area contributed by atoms with E-state index in [2.05, 4.69) is 33.4 Å². The minimum Gasteiger partial charge on any atom is -0.340 e. The molecule has 1 aromatic carbocycles. The molecule has 1 aliphatic heterocycles. The van der Waals surface area contributed by atoms with Gasteiger partial charge in [0, 0.05) is 37.1 Å². The standard InChI is InChI=1S/C12H15BrN2O/c1-9(16)15-6-5-14-12(8-15)10-3-2-4-11(13)7-10/h2-4,7,12,14H,5-6,8H2,1H3.